The lowest BCUT2D eigenvalue weighted by Gasteiger charge is -2.27. The summed E-state index contributed by atoms with van der Waals surface area (Å²) in [6.45, 7) is 1.92. The van der Waals surface area contributed by atoms with Crippen molar-refractivity contribution in [2.45, 2.75) is 31.3 Å². The zero-order valence-corrected chi connectivity index (χ0v) is 16.0. The molecule has 0 bridgehead atoms. The first-order chi connectivity index (χ1) is 12.7. The maximum atomic E-state index is 12.9. The quantitative estimate of drug-likeness (QED) is 0.868. The first kappa shape index (κ1) is 19.5. The Morgan fingerprint density at radius 3 is 2.63 bits per heavy atom. The van der Waals surface area contributed by atoms with Crippen LogP contribution in [0.15, 0.2) is 48.5 Å². The van der Waals surface area contributed by atoms with Crippen molar-refractivity contribution in [2.24, 2.45) is 5.73 Å². The monoisotopic (exact) mass is 388 g/mol. The van der Waals surface area contributed by atoms with Crippen molar-refractivity contribution in [3.05, 3.63) is 59.7 Å². The lowest BCUT2D eigenvalue weighted by atomic mass is 10.0. The molecule has 0 aliphatic carbocycles. The van der Waals surface area contributed by atoms with Crippen molar-refractivity contribution in [2.75, 3.05) is 19.8 Å². The molecule has 0 saturated carbocycles. The van der Waals surface area contributed by atoms with Gasteiger partial charge in [-0.3, -0.25) is 4.79 Å². The molecule has 0 spiro atoms. The number of nitrogens with two attached hydrogens (primary N) is 1. The standard InChI is InChI=1S/C21H24N2O3.ClH/c22-17(15-5-2-1-3-6-15)14-21(24)23-10-4-7-18(23)16-8-9-19-20(13-16)26-12-11-25-19;/h1-3,5-6,8-9,13,17-18H,4,7,10-12,14,22H2;1H. The van der Waals surface area contributed by atoms with Gasteiger partial charge in [-0.05, 0) is 36.1 Å². The fourth-order valence-electron chi connectivity index (χ4n) is 3.80. The van der Waals surface area contributed by atoms with Gasteiger partial charge in [-0.25, -0.2) is 0 Å². The Morgan fingerprint density at radius 1 is 1.11 bits per heavy atom. The largest absolute Gasteiger partial charge is 0.486 e. The second kappa shape index (κ2) is 8.63. The molecule has 144 valence electrons. The van der Waals surface area contributed by atoms with Crippen LogP contribution in [0.25, 0.3) is 0 Å². The molecule has 2 aliphatic rings. The van der Waals surface area contributed by atoms with E-state index in [1.165, 1.54) is 0 Å². The fourth-order valence-corrected chi connectivity index (χ4v) is 3.80. The molecule has 2 N–H and O–H groups in total. The van der Waals surface area contributed by atoms with Crippen LogP contribution in [0.1, 0.15) is 42.5 Å². The van der Waals surface area contributed by atoms with E-state index in [0.29, 0.717) is 19.6 Å². The Balaban J connectivity index is 0.00000210. The van der Waals surface area contributed by atoms with Crippen molar-refractivity contribution in [1.29, 1.82) is 0 Å². The van der Waals surface area contributed by atoms with Crippen LogP contribution in [0.5, 0.6) is 11.5 Å². The summed E-state index contributed by atoms with van der Waals surface area (Å²) < 4.78 is 11.3. The highest BCUT2D eigenvalue weighted by Crippen LogP contribution is 2.38. The SMILES string of the molecule is Cl.NC(CC(=O)N1CCCC1c1ccc2c(c1)OCCO2)c1ccccc1. The normalized spacial score (nSPS) is 19.3. The smallest absolute Gasteiger partial charge is 0.224 e. The third-order valence-corrected chi connectivity index (χ3v) is 5.15. The zero-order chi connectivity index (χ0) is 17.9. The van der Waals surface area contributed by atoms with Crippen molar-refractivity contribution in [3.63, 3.8) is 0 Å². The van der Waals surface area contributed by atoms with Crippen LogP contribution in [-0.4, -0.2) is 30.6 Å². The summed E-state index contributed by atoms with van der Waals surface area (Å²) in [7, 11) is 0. The molecule has 4 rings (SSSR count). The Hall–Kier alpha value is -2.24. The minimum absolute atomic E-state index is 0. The van der Waals surface area contributed by atoms with E-state index >= 15 is 0 Å². The average Bonchev–Trinajstić information content (AvgIpc) is 3.18. The van der Waals surface area contributed by atoms with E-state index in [0.717, 1.165) is 42.0 Å². The highest BCUT2D eigenvalue weighted by Gasteiger charge is 2.31. The molecule has 1 saturated heterocycles. The topological polar surface area (TPSA) is 64.8 Å². The lowest BCUT2D eigenvalue weighted by molar-refractivity contribution is -0.132. The summed E-state index contributed by atoms with van der Waals surface area (Å²) in [5.41, 5.74) is 8.36. The molecule has 6 heteroatoms. The minimum Gasteiger partial charge on any atom is -0.486 e. The van der Waals surface area contributed by atoms with E-state index < -0.39 is 0 Å². The van der Waals surface area contributed by atoms with E-state index in [-0.39, 0.29) is 30.4 Å². The van der Waals surface area contributed by atoms with Crippen molar-refractivity contribution in [3.8, 4) is 11.5 Å². The number of ether oxygens (including phenoxy) is 2. The van der Waals surface area contributed by atoms with E-state index in [4.69, 9.17) is 15.2 Å². The molecule has 0 radical (unpaired) electrons. The van der Waals surface area contributed by atoms with Gasteiger partial charge in [0.1, 0.15) is 13.2 Å². The summed E-state index contributed by atoms with van der Waals surface area (Å²) in [4.78, 5) is 14.9. The molecular weight excluding hydrogens is 364 g/mol. The molecule has 2 unspecified atom stereocenters. The van der Waals surface area contributed by atoms with E-state index in [1.54, 1.807) is 0 Å². The Labute approximate surface area is 165 Å². The molecule has 27 heavy (non-hydrogen) atoms. The van der Waals surface area contributed by atoms with Crippen LogP contribution >= 0.6 is 12.4 Å². The number of halogens is 1. The number of nitrogens with zero attached hydrogens (tertiary/aromatic N) is 1. The molecule has 0 aromatic heterocycles. The Kier molecular flexibility index (Phi) is 6.24. The molecule has 2 aromatic rings. The summed E-state index contributed by atoms with van der Waals surface area (Å²) in [5, 5.41) is 0. The van der Waals surface area contributed by atoms with Gasteiger partial charge in [0.15, 0.2) is 11.5 Å². The fraction of sp³-hybridized carbons (Fsp3) is 0.381. The molecule has 2 aromatic carbocycles. The van der Waals surface area contributed by atoms with Gasteiger partial charge >= 0.3 is 0 Å². The minimum atomic E-state index is -0.273. The first-order valence-electron chi connectivity index (χ1n) is 9.22. The van der Waals surface area contributed by atoms with Crippen molar-refractivity contribution < 1.29 is 14.3 Å². The van der Waals surface area contributed by atoms with Gasteiger partial charge in [-0.15, -0.1) is 12.4 Å². The number of likely N-dealkylation sites (tertiary alicyclic amines) is 1. The summed E-state index contributed by atoms with van der Waals surface area (Å²) in [6.07, 6.45) is 2.29. The van der Waals surface area contributed by atoms with Gasteiger partial charge < -0.3 is 20.1 Å². The molecule has 1 fully saturated rings. The van der Waals surface area contributed by atoms with Crippen LogP contribution in [0.3, 0.4) is 0 Å². The van der Waals surface area contributed by atoms with E-state index in [2.05, 4.69) is 0 Å². The van der Waals surface area contributed by atoms with Gasteiger partial charge in [-0.2, -0.15) is 0 Å². The average molecular weight is 389 g/mol. The van der Waals surface area contributed by atoms with Gasteiger partial charge in [0.25, 0.3) is 0 Å². The summed E-state index contributed by atoms with van der Waals surface area (Å²) in [6, 6.07) is 15.6. The highest BCUT2D eigenvalue weighted by atomic mass is 35.5. The van der Waals surface area contributed by atoms with Gasteiger partial charge in [0.2, 0.25) is 5.91 Å². The molecule has 2 aliphatic heterocycles. The van der Waals surface area contributed by atoms with Gasteiger partial charge in [0.05, 0.1) is 6.04 Å². The maximum absolute atomic E-state index is 12.9. The summed E-state index contributed by atoms with van der Waals surface area (Å²) in [5.74, 6) is 1.66. The van der Waals surface area contributed by atoms with E-state index in [1.807, 2.05) is 53.4 Å². The predicted molar refractivity (Wildman–Crippen MR) is 106 cm³/mol. The predicted octanol–water partition coefficient (Wildman–Crippen LogP) is 3.63. The molecule has 5 nitrogen and oxygen atoms in total. The van der Waals surface area contributed by atoms with E-state index in [9.17, 15) is 4.79 Å². The molecule has 1 amide bonds. The van der Waals surface area contributed by atoms with Crippen molar-refractivity contribution >= 4 is 18.3 Å². The second-order valence-electron chi connectivity index (χ2n) is 6.87. The van der Waals surface area contributed by atoms with Crippen LogP contribution in [0.2, 0.25) is 0 Å². The Morgan fingerprint density at radius 2 is 1.85 bits per heavy atom. The van der Waals surface area contributed by atoms with Gasteiger partial charge in [-0.1, -0.05) is 36.4 Å². The molecule has 2 heterocycles. The second-order valence-corrected chi connectivity index (χ2v) is 6.87. The third kappa shape index (κ3) is 4.20. The lowest BCUT2D eigenvalue weighted by Crippen LogP contribution is -2.33. The number of amides is 1. The van der Waals surface area contributed by atoms with Crippen molar-refractivity contribution in [1.82, 2.24) is 4.90 Å². The first-order valence-corrected chi connectivity index (χ1v) is 9.22. The van der Waals surface area contributed by atoms with Crippen LogP contribution in [0, 0.1) is 0 Å². The van der Waals surface area contributed by atoms with Crippen LogP contribution < -0.4 is 15.2 Å². The highest BCUT2D eigenvalue weighted by molar-refractivity contribution is 5.85. The Bertz CT molecular complexity index is 784. The molecular formula is C21H25ClN2O3. The maximum Gasteiger partial charge on any atom is 0.224 e. The van der Waals surface area contributed by atoms with Gasteiger partial charge in [0, 0.05) is 19.0 Å². The number of rotatable bonds is 4. The molecule has 2 atom stereocenters. The number of fused-ring (bicyclic) bond motifs is 1. The van der Waals surface area contributed by atoms with Crippen LogP contribution in [0.4, 0.5) is 0 Å². The number of carbonyl (C=O) groups excluding carboxylic acids is 1. The third-order valence-electron chi connectivity index (χ3n) is 5.15. The van der Waals surface area contributed by atoms with Crippen LogP contribution in [-0.2, 0) is 4.79 Å². The summed E-state index contributed by atoms with van der Waals surface area (Å²) >= 11 is 0. The number of hydrogen-bond acceptors (Lipinski definition) is 4. The zero-order valence-electron chi connectivity index (χ0n) is 15.2. The number of benzene rings is 2. The number of hydrogen-bond donors (Lipinski definition) is 1. The number of carbonyl (C=O) groups is 1.